The molecule has 4 N–H and O–H groups in total. The largest absolute Gasteiger partial charge is 0.384 e. The quantitative estimate of drug-likeness (QED) is 0.507. The van der Waals surface area contributed by atoms with Gasteiger partial charge in [0.1, 0.15) is 5.82 Å². The normalized spacial score (nSPS) is 13.6. The van der Waals surface area contributed by atoms with E-state index in [0.29, 0.717) is 17.9 Å². The summed E-state index contributed by atoms with van der Waals surface area (Å²) in [6.07, 6.45) is 6.42. The zero-order valence-corrected chi connectivity index (χ0v) is 15.6. The highest BCUT2D eigenvalue weighted by molar-refractivity contribution is 5.99. The molecule has 0 radical (unpaired) electrons. The molecule has 1 amide bonds. The molecule has 0 saturated carbocycles. The number of hydrogen-bond donors (Lipinski definition) is 3. The molecule has 2 aromatic heterocycles. The summed E-state index contributed by atoms with van der Waals surface area (Å²) in [6, 6.07) is 13.8. The van der Waals surface area contributed by atoms with Crippen molar-refractivity contribution >= 4 is 33.4 Å². The Morgan fingerprint density at radius 3 is 2.89 bits per heavy atom. The topological polar surface area (TPSA) is 83.8 Å². The number of carbonyl (C=O) groups is 1. The monoisotopic (exact) mass is 370 g/mol. The smallest absolute Gasteiger partial charge is 0.251 e. The number of benzene rings is 2. The first-order valence-corrected chi connectivity index (χ1v) is 9.73. The lowest BCUT2D eigenvalue weighted by Crippen LogP contribution is -2.22. The summed E-state index contributed by atoms with van der Waals surface area (Å²) in [4.78, 5) is 20.4. The number of hydrogen-bond acceptors (Lipinski definition) is 3. The van der Waals surface area contributed by atoms with Gasteiger partial charge in [-0.2, -0.15) is 0 Å². The average molecular weight is 370 g/mol. The number of pyridine rings is 1. The lowest BCUT2D eigenvalue weighted by atomic mass is 9.95. The van der Waals surface area contributed by atoms with Gasteiger partial charge >= 0.3 is 0 Å². The summed E-state index contributed by atoms with van der Waals surface area (Å²) in [7, 11) is 0. The molecule has 0 spiro atoms. The summed E-state index contributed by atoms with van der Waals surface area (Å²) in [5, 5.41) is 6.29. The van der Waals surface area contributed by atoms with Gasteiger partial charge in [0, 0.05) is 40.3 Å². The van der Waals surface area contributed by atoms with E-state index in [1.807, 2.05) is 42.5 Å². The Morgan fingerprint density at radius 1 is 1.07 bits per heavy atom. The van der Waals surface area contributed by atoms with Crippen LogP contribution in [0.1, 0.15) is 40.0 Å². The second-order valence-corrected chi connectivity index (χ2v) is 7.52. The molecule has 0 unspecified atom stereocenters. The zero-order valence-electron chi connectivity index (χ0n) is 15.6. The highest BCUT2D eigenvalue weighted by Crippen LogP contribution is 2.29. The number of nitrogen functional groups attached to an aromatic ring is 1. The number of aromatic nitrogens is 2. The van der Waals surface area contributed by atoms with Crippen LogP contribution in [0.2, 0.25) is 0 Å². The van der Waals surface area contributed by atoms with Crippen LogP contribution in [0.25, 0.3) is 21.7 Å². The fraction of sp³-hybridized carbons (Fsp3) is 0.217. The molecule has 28 heavy (non-hydrogen) atoms. The molecular formula is C23H22N4O. The molecule has 5 nitrogen and oxygen atoms in total. The van der Waals surface area contributed by atoms with Crippen LogP contribution in [0.15, 0.2) is 48.7 Å². The van der Waals surface area contributed by atoms with Gasteiger partial charge in [0.2, 0.25) is 0 Å². The van der Waals surface area contributed by atoms with Crippen molar-refractivity contribution < 1.29 is 4.79 Å². The SMILES string of the molecule is Nc1cc2ccc(CNC(=O)c3ccc4[nH]c5c(c4c3)CCCC5)cc2cn1. The maximum Gasteiger partial charge on any atom is 0.251 e. The molecule has 0 aliphatic heterocycles. The highest BCUT2D eigenvalue weighted by atomic mass is 16.1. The molecule has 5 rings (SSSR count). The van der Waals surface area contributed by atoms with Gasteiger partial charge in [-0.15, -0.1) is 0 Å². The number of aryl methyl sites for hydroxylation is 2. The molecule has 0 saturated heterocycles. The maximum atomic E-state index is 12.7. The predicted octanol–water partition coefficient (Wildman–Crippen LogP) is 4.11. The Labute approximate surface area is 163 Å². The van der Waals surface area contributed by atoms with Crippen LogP contribution < -0.4 is 11.1 Å². The van der Waals surface area contributed by atoms with Gasteiger partial charge in [0.15, 0.2) is 0 Å². The van der Waals surface area contributed by atoms with Gasteiger partial charge in [-0.05, 0) is 72.5 Å². The molecule has 5 heteroatoms. The summed E-state index contributed by atoms with van der Waals surface area (Å²) >= 11 is 0. The second-order valence-electron chi connectivity index (χ2n) is 7.52. The fourth-order valence-corrected chi connectivity index (χ4v) is 4.15. The number of aromatic amines is 1. The third-order valence-corrected chi connectivity index (χ3v) is 5.62. The van der Waals surface area contributed by atoms with Crippen molar-refractivity contribution in [1.82, 2.24) is 15.3 Å². The molecule has 2 aromatic carbocycles. The number of amides is 1. The van der Waals surface area contributed by atoms with Crippen molar-refractivity contribution in [2.75, 3.05) is 5.73 Å². The maximum absolute atomic E-state index is 12.7. The zero-order chi connectivity index (χ0) is 19.1. The van der Waals surface area contributed by atoms with Crippen molar-refractivity contribution in [3.05, 3.63) is 71.0 Å². The highest BCUT2D eigenvalue weighted by Gasteiger charge is 2.16. The molecule has 1 aliphatic rings. The molecule has 140 valence electrons. The summed E-state index contributed by atoms with van der Waals surface area (Å²) in [5.74, 6) is 0.457. The van der Waals surface area contributed by atoms with Crippen LogP contribution in [0, 0.1) is 0 Å². The van der Waals surface area contributed by atoms with E-state index in [0.717, 1.165) is 34.7 Å². The van der Waals surface area contributed by atoms with Crippen molar-refractivity contribution in [2.45, 2.75) is 32.2 Å². The first kappa shape index (κ1) is 16.8. The number of nitrogens with one attached hydrogen (secondary N) is 2. The molecule has 2 heterocycles. The molecule has 1 aliphatic carbocycles. The number of nitrogens with two attached hydrogens (primary N) is 1. The van der Waals surface area contributed by atoms with E-state index in [-0.39, 0.29) is 5.91 Å². The Hall–Kier alpha value is -3.34. The van der Waals surface area contributed by atoms with Gasteiger partial charge in [-0.1, -0.05) is 12.1 Å². The minimum atomic E-state index is -0.0526. The van der Waals surface area contributed by atoms with Crippen LogP contribution in [0.4, 0.5) is 5.82 Å². The first-order valence-electron chi connectivity index (χ1n) is 9.73. The van der Waals surface area contributed by atoms with Crippen molar-refractivity contribution in [1.29, 1.82) is 0 Å². The number of H-pyrrole nitrogens is 1. The van der Waals surface area contributed by atoms with Gasteiger partial charge < -0.3 is 16.0 Å². The Bertz CT molecular complexity index is 1210. The Kier molecular flexibility index (Phi) is 4.01. The summed E-state index contributed by atoms with van der Waals surface area (Å²) in [6.45, 7) is 0.475. The number of fused-ring (bicyclic) bond motifs is 4. The number of nitrogens with zero attached hydrogens (tertiary/aromatic N) is 1. The number of anilines is 1. The van der Waals surface area contributed by atoms with E-state index in [9.17, 15) is 4.79 Å². The van der Waals surface area contributed by atoms with Crippen LogP contribution in [0.3, 0.4) is 0 Å². The predicted molar refractivity (Wildman–Crippen MR) is 112 cm³/mol. The van der Waals surface area contributed by atoms with Crippen LogP contribution in [-0.2, 0) is 19.4 Å². The van der Waals surface area contributed by atoms with Gasteiger partial charge in [0.05, 0.1) is 0 Å². The van der Waals surface area contributed by atoms with Gasteiger partial charge in [0.25, 0.3) is 5.91 Å². The number of carbonyl (C=O) groups excluding carboxylic acids is 1. The second kappa shape index (κ2) is 6.68. The van der Waals surface area contributed by atoms with E-state index in [2.05, 4.69) is 15.3 Å². The average Bonchev–Trinajstić information content (AvgIpc) is 3.10. The first-order chi connectivity index (χ1) is 13.7. The van der Waals surface area contributed by atoms with E-state index in [4.69, 9.17) is 5.73 Å². The van der Waals surface area contributed by atoms with Crippen molar-refractivity contribution in [2.24, 2.45) is 0 Å². The third-order valence-electron chi connectivity index (χ3n) is 5.62. The summed E-state index contributed by atoms with van der Waals surface area (Å²) < 4.78 is 0. The van der Waals surface area contributed by atoms with Crippen molar-refractivity contribution in [3.8, 4) is 0 Å². The molecule has 0 atom stereocenters. The summed E-state index contributed by atoms with van der Waals surface area (Å²) in [5.41, 5.74) is 11.3. The Balaban J connectivity index is 1.36. The lowest BCUT2D eigenvalue weighted by molar-refractivity contribution is 0.0951. The van der Waals surface area contributed by atoms with E-state index >= 15 is 0 Å². The lowest BCUT2D eigenvalue weighted by Gasteiger charge is -2.11. The molecule has 0 bridgehead atoms. The standard InChI is InChI=1S/C23H22N4O/c24-22-11-15-6-5-14(9-17(15)13-25-22)12-26-23(28)16-7-8-21-19(10-16)18-3-1-2-4-20(18)27-21/h5-11,13,27H,1-4,12H2,(H2,24,25)(H,26,28). The van der Waals surface area contributed by atoms with Gasteiger partial charge in [-0.3, -0.25) is 4.79 Å². The van der Waals surface area contributed by atoms with Gasteiger partial charge in [-0.25, -0.2) is 4.98 Å². The van der Waals surface area contributed by atoms with Crippen LogP contribution in [-0.4, -0.2) is 15.9 Å². The molecule has 4 aromatic rings. The third kappa shape index (κ3) is 2.99. The minimum Gasteiger partial charge on any atom is -0.384 e. The molecule has 0 fully saturated rings. The Morgan fingerprint density at radius 2 is 1.96 bits per heavy atom. The molecular weight excluding hydrogens is 348 g/mol. The van der Waals surface area contributed by atoms with Crippen LogP contribution >= 0.6 is 0 Å². The minimum absolute atomic E-state index is 0.0526. The van der Waals surface area contributed by atoms with E-state index < -0.39 is 0 Å². The fourth-order valence-electron chi connectivity index (χ4n) is 4.15. The van der Waals surface area contributed by atoms with Crippen molar-refractivity contribution in [3.63, 3.8) is 0 Å². The van der Waals surface area contributed by atoms with E-state index in [1.165, 1.54) is 29.5 Å². The van der Waals surface area contributed by atoms with Crippen LogP contribution in [0.5, 0.6) is 0 Å². The number of rotatable bonds is 3. The van der Waals surface area contributed by atoms with E-state index in [1.54, 1.807) is 6.20 Å².